The molecule has 0 atom stereocenters. The number of pyridine rings is 2. The van der Waals surface area contributed by atoms with Crippen molar-refractivity contribution in [3.05, 3.63) is 59.6 Å². The molecular weight excluding hydrogens is 391 g/mol. The van der Waals surface area contributed by atoms with E-state index in [2.05, 4.69) is 25.8 Å². The van der Waals surface area contributed by atoms with Crippen LogP contribution in [0.25, 0.3) is 33.5 Å². The van der Waals surface area contributed by atoms with Crippen molar-refractivity contribution < 1.29 is 4.39 Å². The van der Waals surface area contributed by atoms with Gasteiger partial charge in [0, 0.05) is 47.9 Å². The Kier molecular flexibility index (Phi) is 4.61. The van der Waals surface area contributed by atoms with Crippen LogP contribution in [-0.2, 0) is 0 Å². The Morgan fingerprint density at radius 3 is 2.83 bits per heavy atom. The van der Waals surface area contributed by atoms with Crippen molar-refractivity contribution in [3.63, 3.8) is 0 Å². The van der Waals surface area contributed by atoms with E-state index >= 15 is 0 Å². The number of fused-ring (bicyclic) bond motifs is 1. The molecule has 0 saturated carbocycles. The number of anilines is 1. The van der Waals surface area contributed by atoms with Crippen LogP contribution >= 0.6 is 11.6 Å². The maximum absolute atomic E-state index is 14.4. The molecule has 5 rings (SSSR count). The summed E-state index contributed by atoms with van der Waals surface area (Å²) in [5, 5.41) is 14.2. The summed E-state index contributed by atoms with van der Waals surface area (Å²) < 4.78 is 14.4. The molecule has 4 aromatic rings. The van der Waals surface area contributed by atoms with Gasteiger partial charge in [0.2, 0.25) is 0 Å². The summed E-state index contributed by atoms with van der Waals surface area (Å²) in [6.07, 6.45) is 3.53. The van der Waals surface area contributed by atoms with Gasteiger partial charge >= 0.3 is 0 Å². The summed E-state index contributed by atoms with van der Waals surface area (Å²) in [7, 11) is 0. The molecule has 8 heteroatoms. The molecule has 3 aromatic heterocycles. The molecule has 146 valence electrons. The Labute approximate surface area is 171 Å². The molecule has 3 N–H and O–H groups in total. The van der Waals surface area contributed by atoms with Crippen molar-refractivity contribution in [3.8, 4) is 22.5 Å². The molecule has 4 heterocycles. The van der Waals surface area contributed by atoms with Gasteiger partial charge in [-0.15, -0.1) is 0 Å². The van der Waals surface area contributed by atoms with E-state index < -0.39 is 0 Å². The molecule has 6 nitrogen and oxygen atoms in total. The van der Waals surface area contributed by atoms with E-state index in [0.717, 1.165) is 36.4 Å². The number of nitrogens with zero attached hydrogens (tertiary/aromatic N) is 3. The third-order valence-corrected chi connectivity index (χ3v) is 5.33. The van der Waals surface area contributed by atoms with E-state index in [9.17, 15) is 4.39 Å². The van der Waals surface area contributed by atoms with Crippen molar-refractivity contribution >= 4 is 28.3 Å². The van der Waals surface area contributed by atoms with Crippen LogP contribution in [0.5, 0.6) is 0 Å². The largest absolute Gasteiger partial charge is 0.383 e. The first-order valence-electron chi connectivity index (χ1n) is 9.38. The number of rotatable bonds is 5. The van der Waals surface area contributed by atoms with Gasteiger partial charge in [-0.2, -0.15) is 5.10 Å². The van der Waals surface area contributed by atoms with Crippen molar-refractivity contribution in [1.29, 1.82) is 0 Å². The molecule has 29 heavy (non-hydrogen) atoms. The number of nitrogens with one attached hydrogen (secondary N) is 3. The molecule has 0 radical (unpaired) electrons. The van der Waals surface area contributed by atoms with Gasteiger partial charge in [-0.1, -0.05) is 11.6 Å². The first-order valence-corrected chi connectivity index (χ1v) is 9.76. The van der Waals surface area contributed by atoms with E-state index in [1.54, 1.807) is 12.3 Å². The third-order valence-electron chi connectivity index (χ3n) is 5.10. The molecule has 0 spiro atoms. The summed E-state index contributed by atoms with van der Waals surface area (Å²) in [5.41, 5.74) is 4.67. The van der Waals surface area contributed by atoms with Crippen molar-refractivity contribution in [2.45, 2.75) is 0 Å². The zero-order valence-electron chi connectivity index (χ0n) is 15.4. The fourth-order valence-corrected chi connectivity index (χ4v) is 3.55. The van der Waals surface area contributed by atoms with Gasteiger partial charge in [-0.25, -0.2) is 9.37 Å². The zero-order valence-corrected chi connectivity index (χ0v) is 16.2. The molecule has 1 saturated heterocycles. The Morgan fingerprint density at radius 1 is 1.10 bits per heavy atom. The quantitative estimate of drug-likeness (QED) is 0.463. The number of hydrogen-bond acceptors (Lipinski definition) is 5. The first-order chi connectivity index (χ1) is 14.2. The van der Waals surface area contributed by atoms with Crippen LogP contribution in [0.15, 0.2) is 48.8 Å². The molecule has 1 fully saturated rings. The molecular formula is C21H18ClFN6. The van der Waals surface area contributed by atoms with Crippen molar-refractivity contribution in [2.75, 3.05) is 25.0 Å². The SMILES string of the molecule is Fc1ccc(Cl)cc1-c1n[nH]cc1-c1ccc2ncc(NCC3CNC3)cc2n1. The van der Waals surface area contributed by atoms with Crippen LogP contribution in [0.4, 0.5) is 10.1 Å². The Hall–Kier alpha value is -3.03. The average Bonchev–Trinajstić information content (AvgIpc) is 3.17. The smallest absolute Gasteiger partial charge is 0.132 e. The summed E-state index contributed by atoms with van der Waals surface area (Å²) in [4.78, 5) is 9.24. The monoisotopic (exact) mass is 408 g/mol. The molecule has 1 aliphatic rings. The second kappa shape index (κ2) is 7.42. The Balaban J connectivity index is 1.50. The van der Waals surface area contributed by atoms with Gasteiger partial charge in [-0.05, 0) is 36.4 Å². The van der Waals surface area contributed by atoms with Crippen LogP contribution in [0.2, 0.25) is 5.02 Å². The second-order valence-electron chi connectivity index (χ2n) is 7.14. The lowest BCUT2D eigenvalue weighted by Gasteiger charge is -2.27. The minimum atomic E-state index is -0.387. The standard InChI is InChI=1S/C21H18ClFN6/c22-13-1-2-17(23)15(5-13)21-16(11-27-29-21)18-3-4-19-20(28-18)6-14(10-26-19)25-9-12-7-24-8-12/h1-6,10-12,24-25H,7-9H2,(H,27,29). The van der Waals surface area contributed by atoms with Crippen molar-refractivity contribution in [2.24, 2.45) is 5.92 Å². The van der Waals surface area contributed by atoms with Gasteiger partial charge in [-0.3, -0.25) is 10.1 Å². The predicted octanol–water partition coefficient (Wildman–Crippen LogP) is 4.11. The van der Waals surface area contributed by atoms with Gasteiger partial charge < -0.3 is 10.6 Å². The number of aromatic amines is 1. The van der Waals surface area contributed by atoms with Crippen molar-refractivity contribution in [1.82, 2.24) is 25.5 Å². The van der Waals surface area contributed by atoms with E-state index in [1.807, 2.05) is 24.4 Å². The lowest BCUT2D eigenvalue weighted by Crippen LogP contribution is -2.45. The molecule has 1 aliphatic heterocycles. The number of halogens is 2. The van der Waals surface area contributed by atoms with Gasteiger partial charge in [0.25, 0.3) is 0 Å². The maximum atomic E-state index is 14.4. The number of benzene rings is 1. The van der Waals surface area contributed by atoms with Crippen LogP contribution in [0.3, 0.4) is 0 Å². The fraction of sp³-hybridized carbons (Fsp3) is 0.190. The molecule has 0 bridgehead atoms. The van der Waals surface area contributed by atoms with E-state index in [0.29, 0.717) is 33.5 Å². The predicted molar refractivity (Wildman–Crippen MR) is 112 cm³/mol. The van der Waals surface area contributed by atoms with E-state index in [4.69, 9.17) is 16.6 Å². The average molecular weight is 409 g/mol. The van der Waals surface area contributed by atoms with E-state index in [1.165, 1.54) is 12.1 Å². The highest BCUT2D eigenvalue weighted by molar-refractivity contribution is 6.30. The molecule has 1 aromatic carbocycles. The molecule has 0 unspecified atom stereocenters. The highest BCUT2D eigenvalue weighted by Crippen LogP contribution is 2.33. The van der Waals surface area contributed by atoms with Gasteiger partial charge in [0.15, 0.2) is 0 Å². The highest BCUT2D eigenvalue weighted by atomic mass is 35.5. The maximum Gasteiger partial charge on any atom is 0.132 e. The normalized spacial score (nSPS) is 14.1. The third kappa shape index (κ3) is 3.54. The summed E-state index contributed by atoms with van der Waals surface area (Å²) in [5.74, 6) is 0.258. The summed E-state index contributed by atoms with van der Waals surface area (Å²) in [6.45, 7) is 2.99. The lowest BCUT2D eigenvalue weighted by molar-refractivity contribution is 0.365. The van der Waals surface area contributed by atoms with E-state index in [-0.39, 0.29) is 5.82 Å². The fourth-order valence-electron chi connectivity index (χ4n) is 3.38. The van der Waals surface area contributed by atoms with Crippen LogP contribution in [-0.4, -0.2) is 39.8 Å². The topological polar surface area (TPSA) is 78.5 Å². The summed E-state index contributed by atoms with van der Waals surface area (Å²) in [6, 6.07) is 10.2. The molecule has 0 aliphatic carbocycles. The summed E-state index contributed by atoms with van der Waals surface area (Å²) >= 11 is 6.05. The van der Waals surface area contributed by atoms with Crippen LogP contribution in [0.1, 0.15) is 0 Å². The zero-order chi connectivity index (χ0) is 19.8. The molecule has 0 amide bonds. The minimum absolute atomic E-state index is 0.332. The minimum Gasteiger partial charge on any atom is -0.383 e. The van der Waals surface area contributed by atoms with Gasteiger partial charge in [0.05, 0.1) is 28.6 Å². The second-order valence-corrected chi connectivity index (χ2v) is 7.57. The van der Waals surface area contributed by atoms with Crippen LogP contribution < -0.4 is 10.6 Å². The lowest BCUT2D eigenvalue weighted by atomic mass is 10.0. The Bertz CT molecular complexity index is 1190. The first kappa shape index (κ1) is 18.0. The highest BCUT2D eigenvalue weighted by Gasteiger charge is 2.17. The number of H-pyrrole nitrogens is 1. The van der Waals surface area contributed by atoms with Gasteiger partial charge in [0.1, 0.15) is 11.5 Å². The number of hydrogen-bond donors (Lipinski definition) is 3. The Morgan fingerprint density at radius 2 is 2.00 bits per heavy atom. The number of aromatic nitrogens is 4. The van der Waals surface area contributed by atoms with Crippen LogP contribution in [0, 0.1) is 11.7 Å².